The van der Waals surface area contributed by atoms with Crippen molar-refractivity contribution in [1.29, 1.82) is 0 Å². The van der Waals surface area contributed by atoms with Gasteiger partial charge in [-0.15, -0.1) is 0 Å². The van der Waals surface area contributed by atoms with Crippen LogP contribution in [0.4, 0.5) is 0 Å². The van der Waals surface area contributed by atoms with Gasteiger partial charge in [-0.2, -0.15) is 0 Å². The fraction of sp³-hybridized carbons (Fsp3) is 0.389. The molecule has 6 heteroatoms. The molecule has 2 aromatic rings. The number of benzene rings is 1. The quantitative estimate of drug-likeness (QED) is 0.412. The topological polar surface area (TPSA) is 58.8 Å². The SMILES string of the molecule is CCNC(=NCc1ccc(Cl)cc1)NCCCOCc1ccco1. The lowest BCUT2D eigenvalue weighted by Crippen LogP contribution is -2.38. The zero-order valence-electron chi connectivity index (χ0n) is 13.9. The van der Waals surface area contributed by atoms with E-state index < -0.39 is 0 Å². The van der Waals surface area contributed by atoms with Crippen LogP contribution in [-0.2, 0) is 17.9 Å². The third kappa shape index (κ3) is 7.06. The Morgan fingerprint density at radius 2 is 2.04 bits per heavy atom. The minimum absolute atomic E-state index is 0.512. The summed E-state index contributed by atoms with van der Waals surface area (Å²) in [4.78, 5) is 4.57. The highest BCUT2D eigenvalue weighted by Gasteiger charge is 1.99. The molecule has 130 valence electrons. The van der Waals surface area contributed by atoms with Crippen molar-refractivity contribution in [2.75, 3.05) is 19.7 Å². The van der Waals surface area contributed by atoms with E-state index in [1.165, 1.54) is 0 Å². The molecule has 0 unspecified atom stereocenters. The molecule has 0 amide bonds. The first-order valence-corrected chi connectivity index (χ1v) is 8.52. The fourth-order valence-electron chi connectivity index (χ4n) is 2.05. The van der Waals surface area contributed by atoms with E-state index >= 15 is 0 Å². The highest BCUT2D eigenvalue weighted by Crippen LogP contribution is 2.10. The van der Waals surface area contributed by atoms with Gasteiger partial charge >= 0.3 is 0 Å². The van der Waals surface area contributed by atoms with Gasteiger partial charge in [-0.1, -0.05) is 23.7 Å². The second kappa shape index (κ2) is 10.7. The molecule has 0 atom stereocenters. The Balaban J connectivity index is 1.66. The van der Waals surface area contributed by atoms with Crippen molar-refractivity contribution in [1.82, 2.24) is 10.6 Å². The average molecular weight is 350 g/mol. The maximum absolute atomic E-state index is 5.89. The maximum atomic E-state index is 5.89. The van der Waals surface area contributed by atoms with Crippen LogP contribution in [0.2, 0.25) is 5.02 Å². The van der Waals surface area contributed by atoms with Crippen LogP contribution in [0.25, 0.3) is 0 Å². The number of furan rings is 1. The average Bonchev–Trinajstić information content (AvgIpc) is 3.10. The Bertz CT molecular complexity index is 597. The summed E-state index contributed by atoms with van der Waals surface area (Å²) in [6.07, 6.45) is 2.55. The standard InChI is InChI=1S/C18H24ClN3O2/c1-2-20-18(22-13-15-6-8-16(19)9-7-15)21-10-4-11-23-14-17-5-3-12-24-17/h3,5-9,12H,2,4,10-11,13-14H2,1H3,(H2,20,21,22). The zero-order chi connectivity index (χ0) is 17.0. The minimum Gasteiger partial charge on any atom is -0.467 e. The number of hydrogen-bond acceptors (Lipinski definition) is 3. The van der Waals surface area contributed by atoms with Crippen molar-refractivity contribution in [2.45, 2.75) is 26.5 Å². The molecule has 0 aliphatic heterocycles. The van der Waals surface area contributed by atoms with Crippen LogP contribution < -0.4 is 10.6 Å². The van der Waals surface area contributed by atoms with Crippen molar-refractivity contribution >= 4 is 17.6 Å². The van der Waals surface area contributed by atoms with Crippen LogP contribution in [0.5, 0.6) is 0 Å². The molecule has 1 heterocycles. The van der Waals surface area contributed by atoms with Crippen LogP contribution in [0.1, 0.15) is 24.7 Å². The van der Waals surface area contributed by atoms with Crippen molar-refractivity contribution in [3.8, 4) is 0 Å². The predicted molar refractivity (Wildman–Crippen MR) is 97.3 cm³/mol. The van der Waals surface area contributed by atoms with E-state index in [4.69, 9.17) is 20.8 Å². The van der Waals surface area contributed by atoms with Crippen LogP contribution in [-0.4, -0.2) is 25.7 Å². The lowest BCUT2D eigenvalue weighted by Gasteiger charge is -2.11. The van der Waals surface area contributed by atoms with Gasteiger partial charge in [0.2, 0.25) is 0 Å². The van der Waals surface area contributed by atoms with Gasteiger partial charge in [0.05, 0.1) is 12.8 Å². The van der Waals surface area contributed by atoms with Crippen LogP contribution in [0.3, 0.4) is 0 Å². The normalized spacial score (nSPS) is 11.5. The maximum Gasteiger partial charge on any atom is 0.191 e. The van der Waals surface area contributed by atoms with E-state index in [1.807, 2.05) is 43.3 Å². The lowest BCUT2D eigenvalue weighted by molar-refractivity contribution is 0.105. The van der Waals surface area contributed by atoms with Gasteiger partial charge < -0.3 is 19.8 Å². The molecule has 5 nitrogen and oxygen atoms in total. The van der Waals surface area contributed by atoms with Gasteiger partial charge in [0.1, 0.15) is 12.4 Å². The summed E-state index contributed by atoms with van der Waals surface area (Å²) in [7, 11) is 0. The second-order valence-corrected chi connectivity index (χ2v) is 5.67. The summed E-state index contributed by atoms with van der Waals surface area (Å²) < 4.78 is 10.8. The highest BCUT2D eigenvalue weighted by atomic mass is 35.5. The molecule has 0 saturated carbocycles. The number of hydrogen-bond donors (Lipinski definition) is 2. The molecule has 2 rings (SSSR count). The summed E-state index contributed by atoms with van der Waals surface area (Å²) in [6, 6.07) is 11.5. The van der Waals surface area contributed by atoms with Crippen LogP contribution in [0, 0.1) is 0 Å². The largest absolute Gasteiger partial charge is 0.467 e. The molecule has 1 aromatic carbocycles. The molecular formula is C18H24ClN3O2. The van der Waals surface area contributed by atoms with Gasteiger partial charge in [-0.3, -0.25) is 0 Å². The number of ether oxygens (including phenoxy) is 1. The van der Waals surface area contributed by atoms with E-state index in [0.717, 1.165) is 41.8 Å². The Kier molecular flexibility index (Phi) is 8.21. The molecule has 0 fully saturated rings. The number of nitrogens with one attached hydrogen (secondary N) is 2. The van der Waals surface area contributed by atoms with Gasteiger partial charge in [0, 0.05) is 24.7 Å². The molecule has 2 N–H and O–H groups in total. The Labute approximate surface area is 148 Å². The predicted octanol–water partition coefficient (Wildman–Crippen LogP) is 3.60. The number of rotatable bonds is 9. The molecular weight excluding hydrogens is 326 g/mol. The number of nitrogens with zero attached hydrogens (tertiary/aromatic N) is 1. The Hall–Kier alpha value is -1.98. The third-order valence-corrected chi connectivity index (χ3v) is 3.51. The first kappa shape index (κ1) is 18.4. The molecule has 0 radical (unpaired) electrons. The lowest BCUT2D eigenvalue weighted by atomic mass is 10.2. The number of halogens is 1. The van der Waals surface area contributed by atoms with Crippen molar-refractivity contribution in [3.05, 3.63) is 59.0 Å². The monoisotopic (exact) mass is 349 g/mol. The number of guanidine groups is 1. The van der Waals surface area contributed by atoms with Gasteiger partial charge in [-0.05, 0) is 43.2 Å². The molecule has 0 aliphatic rings. The van der Waals surface area contributed by atoms with Crippen molar-refractivity contribution < 1.29 is 9.15 Å². The highest BCUT2D eigenvalue weighted by molar-refractivity contribution is 6.30. The second-order valence-electron chi connectivity index (χ2n) is 5.23. The summed E-state index contributed by atoms with van der Waals surface area (Å²) in [5, 5.41) is 7.28. The summed E-state index contributed by atoms with van der Waals surface area (Å²) in [5.74, 6) is 1.65. The van der Waals surface area contributed by atoms with Gasteiger partial charge in [-0.25, -0.2) is 4.99 Å². The minimum atomic E-state index is 0.512. The van der Waals surface area contributed by atoms with E-state index in [0.29, 0.717) is 19.8 Å². The van der Waals surface area contributed by atoms with E-state index in [-0.39, 0.29) is 0 Å². The van der Waals surface area contributed by atoms with Crippen LogP contribution in [0.15, 0.2) is 52.1 Å². The number of aliphatic imine (C=N–C) groups is 1. The van der Waals surface area contributed by atoms with E-state index in [9.17, 15) is 0 Å². The first-order valence-electron chi connectivity index (χ1n) is 8.14. The molecule has 0 saturated heterocycles. The molecule has 0 spiro atoms. The Morgan fingerprint density at radius 3 is 2.75 bits per heavy atom. The molecule has 1 aromatic heterocycles. The van der Waals surface area contributed by atoms with Gasteiger partial charge in [0.15, 0.2) is 5.96 Å². The summed E-state index contributed by atoms with van der Waals surface area (Å²) >= 11 is 5.89. The van der Waals surface area contributed by atoms with Crippen molar-refractivity contribution in [3.63, 3.8) is 0 Å². The van der Waals surface area contributed by atoms with Crippen molar-refractivity contribution in [2.24, 2.45) is 4.99 Å². The summed E-state index contributed by atoms with van der Waals surface area (Å²) in [5.41, 5.74) is 1.12. The fourth-order valence-corrected chi connectivity index (χ4v) is 2.18. The zero-order valence-corrected chi connectivity index (χ0v) is 14.7. The van der Waals surface area contributed by atoms with Gasteiger partial charge in [0.25, 0.3) is 0 Å². The first-order chi connectivity index (χ1) is 11.8. The van der Waals surface area contributed by atoms with E-state index in [1.54, 1.807) is 6.26 Å². The van der Waals surface area contributed by atoms with E-state index in [2.05, 4.69) is 15.6 Å². The molecule has 0 bridgehead atoms. The Morgan fingerprint density at radius 1 is 1.21 bits per heavy atom. The summed E-state index contributed by atoms with van der Waals surface area (Å²) in [6.45, 7) is 5.46. The third-order valence-electron chi connectivity index (χ3n) is 3.26. The molecule has 0 aliphatic carbocycles. The molecule has 24 heavy (non-hydrogen) atoms. The van der Waals surface area contributed by atoms with Crippen LogP contribution >= 0.6 is 11.6 Å². The smallest absolute Gasteiger partial charge is 0.191 e.